The predicted molar refractivity (Wildman–Crippen MR) is 152 cm³/mol. The number of rotatable bonds is 7. The summed E-state index contributed by atoms with van der Waals surface area (Å²) in [6.07, 6.45) is 5.85. The van der Waals surface area contributed by atoms with Crippen molar-refractivity contribution in [1.82, 2.24) is 24.7 Å². The molecule has 0 radical (unpaired) electrons. The molecule has 0 bridgehead atoms. The number of nitrogens with zero attached hydrogens (tertiary/aromatic N) is 4. The summed E-state index contributed by atoms with van der Waals surface area (Å²) in [7, 11) is 0. The van der Waals surface area contributed by atoms with Crippen LogP contribution in [0.2, 0.25) is 0 Å². The zero-order chi connectivity index (χ0) is 27.6. The lowest BCUT2D eigenvalue weighted by molar-refractivity contribution is 0.0696. The third-order valence-corrected chi connectivity index (χ3v) is 6.93. The second kappa shape index (κ2) is 10.4. The van der Waals surface area contributed by atoms with Crippen molar-refractivity contribution in [3.63, 3.8) is 0 Å². The van der Waals surface area contributed by atoms with Crippen LogP contribution in [0.25, 0.3) is 27.7 Å². The van der Waals surface area contributed by atoms with E-state index < -0.39 is 5.97 Å². The molecule has 2 aromatic carbocycles. The minimum atomic E-state index is -0.992. The maximum absolute atomic E-state index is 13.8. The van der Waals surface area contributed by atoms with Crippen molar-refractivity contribution in [3.05, 3.63) is 132 Å². The molecular weight excluding hydrogens is 502 g/mol. The maximum atomic E-state index is 13.8. The Labute approximate surface area is 230 Å². The normalized spacial score (nSPS) is 11.9. The third kappa shape index (κ3) is 4.90. The molecule has 0 unspecified atom stereocenters. The Morgan fingerprint density at radius 1 is 0.925 bits per heavy atom. The van der Waals surface area contributed by atoms with Gasteiger partial charge in [-0.2, -0.15) is 0 Å². The number of carbonyl (C=O) groups is 2. The number of hydrogen-bond acceptors (Lipinski definition) is 5. The van der Waals surface area contributed by atoms with Crippen molar-refractivity contribution in [3.8, 4) is 11.1 Å². The van der Waals surface area contributed by atoms with Gasteiger partial charge in [0.25, 0.3) is 5.91 Å². The second-order valence-electron chi connectivity index (χ2n) is 9.61. The van der Waals surface area contributed by atoms with E-state index in [1.165, 1.54) is 12.1 Å². The number of imidazole rings is 1. The van der Waals surface area contributed by atoms with Crippen molar-refractivity contribution < 1.29 is 14.7 Å². The van der Waals surface area contributed by atoms with Crippen LogP contribution in [0, 0.1) is 0 Å². The molecule has 2 N–H and O–H groups in total. The fraction of sp³-hybridized carbons (Fsp3) is 0.0938. The molecule has 8 nitrogen and oxygen atoms in total. The topological polar surface area (TPSA) is 109 Å². The van der Waals surface area contributed by atoms with Gasteiger partial charge >= 0.3 is 5.97 Å². The van der Waals surface area contributed by atoms with Crippen LogP contribution < -0.4 is 5.32 Å². The highest BCUT2D eigenvalue weighted by molar-refractivity contribution is 6.02. The number of carboxylic acid groups (broad SMARTS) is 1. The highest BCUT2D eigenvalue weighted by Crippen LogP contribution is 2.27. The second-order valence-corrected chi connectivity index (χ2v) is 9.61. The molecule has 0 saturated carbocycles. The van der Waals surface area contributed by atoms with E-state index in [-0.39, 0.29) is 17.5 Å². The highest BCUT2D eigenvalue weighted by Gasteiger charge is 2.20. The Bertz CT molecular complexity index is 1860. The number of aromatic nitrogens is 4. The first-order valence-corrected chi connectivity index (χ1v) is 12.9. The van der Waals surface area contributed by atoms with E-state index in [0.29, 0.717) is 23.1 Å². The SMILES string of the molecule is C[C@H](NC(=O)c1cc(-c2ccccc2)cn2cnc(Cc3ccc4cccnc4n3)c12)c1ccc(C(=O)O)cc1. The van der Waals surface area contributed by atoms with E-state index in [0.717, 1.165) is 33.5 Å². The van der Waals surface area contributed by atoms with E-state index >= 15 is 0 Å². The van der Waals surface area contributed by atoms with Crippen LogP contribution in [0.1, 0.15) is 50.6 Å². The number of aromatic carboxylic acids is 1. The Balaban J connectivity index is 1.39. The Hall–Kier alpha value is -5.37. The Morgan fingerprint density at radius 3 is 2.50 bits per heavy atom. The molecule has 4 aromatic heterocycles. The lowest BCUT2D eigenvalue weighted by Crippen LogP contribution is -2.27. The van der Waals surface area contributed by atoms with Crippen molar-refractivity contribution in [2.45, 2.75) is 19.4 Å². The molecule has 4 heterocycles. The van der Waals surface area contributed by atoms with Gasteiger partial charge in [0.15, 0.2) is 5.65 Å². The third-order valence-electron chi connectivity index (χ3n) is 6.93. The van der Waals surface area contributed by atoms with Crippen LogP contribution in [0.5, 0.6) is 0 Å². The largest absolute Gasteiger partial charge is 0.478 e. The molecule has 0 aliphatic heterocycles. The summed E-state index contributed by atoms with van der Waals surface area (Å²) >= 11 is 0. The maximum Gasteiger partial charge on any atom is 0.335 e. The number of carboxylic acids is 1. The first-order chi connectivity index (χ1) is 19.5. The van der Waals surface area contributed by atoms with Gasteiger partial charge in [-0.25, -0.2) is 19.7 Å². The van der Waals surface area contributed by atoms with Crippen LogP contribution in [0.15, 0.2) is 104 Å². The molecular formula is C32H25N5O3. The minimum absolute atomic E-state index is 0.195. The smallest absolute Gasteiger partial charge is 0.335 e. The number of benzene rings is 2. The molecule has 1 amide bonds. The summed E-state index contributed by atoms with van der Waals surface area (Å²) in [5.74, 6) is -1.25. The molecule has 6 rings (SSSR count). The monoisotopic (exact) mass is 527 g/mol. The van der Waals surface area contributed by atoms with Gasteiger partial charge in [-0.05, 0) is 66.1 Å². The minimum Gasteiger partial charge on any atom is -0.478 e. The number of hydrogen-bond donors (Lipinski definition) is 2. The van der Waals surface area contributed by atoms with Gasteiger partial charge in [0.2, 0.25) is 0 Å². The molecule has 0 aliphatic carbocycles. The van der Waals surface area contributed by atoms with Crippen molar-refractivity contribution >= 4 is 28.4 Å². The van der Waals surface area contributed by atoms with Gasteiger partial charge in [0, 0.05) is 29.9 Å². The van der Waals surface area contributed by atoms with Crippen LogP contribution >= 0.6 is 0 Å². The van der Waals surface area contributed by atoms with Gasteiger partial charge < -0.3 is 14.8 Å². The predicted octanol–water partition coefficient (Wildman–Crippen LogP) is 5.72. The first-order valence-electron chi connectivity index (χ1n) is 12.9. The molecule has 40 heavy (non-hydrogen) atoms. The molecule has 0 fully saturated rings. The fourth-order valence-corrected chi connectivity index (χ4v) is 4.83. The zero-order valence-electron chi connectivity index (χ0n) is 21.7. The van der Waals surface area contributed by atoms with Gasteiger partial charge in [0.05, 0.1) is 34.7 Å². The first kappa shape index (κ1) is 24.9. The Morgan fingerprint density at radius 2 is 1.73 bits per heavy atom. The highest BCUT2D eigenvalue weighted by atomic mass is 16.4. The average molecular weight is 528 g/mol. The van der Waals surface area contributed by atoms with Crippen molar-refractivity contribution in [1.29, 1.82) is 0 Å². The van der Waals surface area contributed by atoms with Crippen molar-refractivity contribution in [2.24, 2.45) is 0 Å². The van der Waals surface area contributed by atoms with Gasteiger partial charge in [-0.1, -0.05) is 42.5 Å². The van der Waals surface area contributed by atoms with E-state index in [4.69, 9.17) is 4.98 Å². The van der Waals surface area contributed by atoms with Crippen molar-refractivity contribution in [2.75, 3.05) is 0 Å². The molecule has 0 saturated heterocycles. The summed E-state index contributed by atoms with van der Waals surface area (Å²) in [6.45, 7) is 1.87. The molecule has 8 heteroatoms. The summed E-state index contributed by atoms with van der Waals surface area (Å²) in [4.78, 5) is 38.8. The van der Waals surface area contributed by atoms with Gasteiger partial charge in [-0.3, -0.25) is 4.79 Å². The summed E-state index contributed by atoms with van der Waals surface area (Å²) < 4.78 is 1.89. The summed E-state index contributed by atoms with van der Waals surface area (Å²) in [6, 6.07) is 25.7. The number of amides is 1. The number of fused-ring (bicyclic) bond motifs is 2. The van der Waals surface area contributed by atoms with Crippen LogP contribution in [0.3, 0.4) is 0 Å². The standard InChI is InChI=1S/C32H25N5O3/c1-20(21-9-11-24(12-10-21)32(39)40)35-31(38)27-16-25(22-6-3-2-4-7-22)18-37-19-34-28(29(27)37)17-26-14-13-23-8-5-15-33-30(23)36-26/h2-16,18-20H,17H2,1H3,(H,35,38)(H,39,40)/t20-/m0/s1. The van der Waals surface area contributed by atoms with Crippen LogP contribution in [0.4, 0.5) is 0 Å². The molecule has 0 aliphatic rings. The number of carbonyl (C=O) groups excluding carboxylic acids is 1. The fourth-order valence-electron chi connectivity index (χ4n) is 4.83. The lowest BCUT2D eigenvalue weighted by Gasteiger charge is -2.16. The molecule has 0 spiro atoms. The van der Waals surface area contributed by atoms with Gasteiger partial charge in [0.1, 0.15) is 0 Å². The molecule has 1 atom stereocenters. The average Bonchev–Trinajstić information content (AvgIpc) is 3.39. The Kier molecular flexibility index (Phi) is 6.49. The number of nitrogens with one attached hydrogen (secondary N) is 1. The lowest BCUT2D eigenvalue weighted by atomic mass is 10.0. The van der Waals surface area contributed by atoms with E-state index in [2.05, 4.69) is 15.3 Å². The van der Waals surface area contributed by atoms with Crippen LogP contribution in [-0.4, -0.2) is 36.3 Å². The zero-order valence-corrected chi connectivity index (χ0v) is 21.7. The summed E-state index contributed by atoms with van der Waals surface area (Å²) in [5.41, 5.74) is 6.24. The quantitative estimate of drug-likeness (QED) is 0.275. The molecule has 6 aromatic rings. The van der Waals surface area contributed by atoms with E-state index in [1.807, 2.05) is 78.2 Å². The van der Waals surface area contributed by atoms with E-state index in [1.54, 1.807) is 24.7 Å². The van der Waals surface area contributed by atoms with E-state index in [9.17, 15) is 14.7 Å². The summed E-state index contributed by atoms with van der Waals surface area (Å²) in [5, 5.41) is 13.2. The molecule has 196 valence electrons. The number of pyridine rings is 3. The van der Waals surface area contributed by atoms with Crippen LogP contribution in [-0.2, 0) is 6.42 Å². The van der Waals surface area contributed by atoms with Gasteiger partial charge in [-0.15, -0.1) is 0 Å².